The molecule has 0 saturated carbocycles. The molecule has 1 aliphatic heterocycles. The number of urea groups is 1. The molecule has 0 spiro atoms. The molecule has 3 rings (SSSR count). The molecule has 1 heterocycles. The summed E-state index contributed by atoms with van der Waals surface area (Å²) in [5.41, 5.74) is 2.57. The van der Waals surface area contributed by atoms with Crippen LogP contribution in [0.25, 0.3) is 0 Å². The lowest BCUT2D eigenvalue weighted by Gasteiger charge is -2.28. The third-order valence-corrected chi connectivity index (χ3v) is 5.25. The van der Waals surface area contributed by atoms with E-state index in [4.69, 9.17) is 32.7 Å². The zero-order valence-corrected chi connectivity index (χ0v) is 17.4. The van der Waals surface area contributed by atoms with Crippen molar-refractivity contribution in [1.82, 2.24) is 10.6 Å². The highest BCUT2D eigenvalue weighted by Crippen LogP contribution is 2.30. The maximum atomic E-state index is 12.3. The van der Waals surface area contributed by atoms with Gasteiger partial charge >= 0.3 is 12.0 Å². The van der Waals surface area contributed by atoms with E-state index < -0.39 is 12.0 Å². The lowest BCUT2D eigenvalue weighted by molar-refractivity contribution is -0.136. The molecule has 8 heteroatoms. The number of hydrogen-bond acceptors (Lipinski definition) is 4. The molecule has 2 N–H and O–H groups in total. The van der Waals surface area contributed by atoms with E-state index in [-0.39, 0.29) is 6.03 Å². The summed E-state index contributed by atoms with van der Waals surface area (Å²) >= 11 is 11.9. The highest BCUT2D eigenvalue weighted by atomic mass is 35.5. The molecule has 1 aliphatic rings. The summed E-state index contributed by atoms with van der Waals surface area (Å²) in [6, 6.07) is 11.5. The molecule has 152 valence electrons. The fourth-order valence-corrected chi connectivity index (χ4v) is 3.37. The number of benzene rings is 2. The van der Waals surface area contributed by atoms with E-state index >= 15 is 0 Å². The number of nitrogens with one attached hydrogen (secondary N) is 2. The van der Waals surface area contributed by atoms with Crippen molar-refractivity contribution in [2.24, 2.45) is 0 Å². The van der Waals surface area contributed by atoms with Crippen LogP contribution in [-0.4, -0.2) is 19.1 Å². The average Bonchev–Trinajstić information content (AvgIpc) is 2.73. The van der Waals surface area contributed by atoms with Crippen LogP contribution in [0.15, 0.2) is 53.7 Å². The Bertz CT molecular complexity index is 958. The largest absolute Gasteiger partial charge is 0.489 e. The maximum Gasteiger partial charge on any atom is 0.337 e. The normalized spacial score (nSPS) is 16.1. The van der Waals surface area contributed by atoms with Crippen molar-refractivity contribution in [3.05, 3.63) is 74.9 Å². The summed E-state index contributed by atoms with van der Waals surface area (Å²) in [5, 5.41) is 6.41. The standard InChI is InChI=1S/C21H20Cl2N2O4/c1-3-17-18(20(26)28-2)19(25-21(27)24-17)13-5-7-14(8-6-13)29-11-12-4-9-15(22)16(23)10-12/h4-10,19H,3,11H2,1-2H3,(H2,24,25,27). The van der Waals surface area contributed by atoms with E-state index in [1.165, 1.54) is 7.11 Å². The molecule has 1 atom stereocenters. The van der Waals surface area contributed by atoms with Gasteiger partial charge in [0.25, 0.3) is 0 Å². The Labute approximate surface area is 178 Å². The molecule has 0 bridgehead atoms. The minimum atomic E-state index is -0.602. The summed E-state index contributed by atoms with van der Waals surface area (Å²) in [5.74, 6) is 0.152. The number of esters is 1. The molecule has 1 unspecified atom stereocenters. The smallest absolute Gasteiger partial charge is 0.337 e. The Morgan fingerprint density at radius 2 is 1.83 bits per heavy atom. The number of rotatable bonds is 6. The van der Waals surface area contributed by atoms with Crippen LogP contribution in [0.3, 0.4) is 0 Å². The van der Waals surface area contributed by atoms with Gasteiger partial charge in [-0.3, -0.25) is 0 Å². The van der Waals surface area contributed by atoms with Gasteiger partial charge in [-0.25, -0.2) is 9.59 Å². The lowest BCUT2D eigenvalue weighted by atomic mass is 9.94. The first kappa shape index (κ1) is 21.0. The molecule has 2 aromatic carbocycles. The molecular formula is C21H20Cl2N2O4. The number of halogens is 2. The van der Waals surface area contributed by atoms with E-state index in [0.717, 1.165) is 11.1 Å². The first-order valence-corrected chi connectivity index (χ1v) is 9.74. The molecular weight excluding hydrogens is 415 g/mol. The van der Waals surface area contributed by atoms with Gasteiger partial charge in [0.05, 0.1) is 28.8 Å². The second kappa shape index (κ2) is 9.20. The van der Waals surface area contributed by atoms with E-state index in [9.17, 15) is 9.59 Å². The number of ether oxygens (including phenoxy) is 2. The van der Waals surface area contributed by atoms with Crippen LogP contribution in [0.5, 0.6) is 5.75 Å². The monoisotopic (exact) mass is 434 g/mol. The second-order valence-corrected chi connectivity index (χ2v) is 7.19. The zero-order valence-electron chi connectivity index (χ0n) is 15.9. The van der Waals surface area contributed by atoms with Crippen LogP contribution in [0, 0.1) is 0 Å². The summed E-state index contributed by atoms with van der Waals surface area (Å²) < 4.78 is 10.7. The minimum Gasteiger partial charge on any atom is -0.489 e. The first-order chi connectivity index (χ1) is 13.9. The van der Waals surface area contributed by atoms with E-state index in [0.29, 0.717) is 40.1 Å². The number of allylic oxidation sites excluding steroid dienone is 1. The Balaban J connectivity index is 1.78. The van der Waals surface area contributed by atoms with E-state index in [1.807, 2.05) is 13.0 Å². The van der Waals surface area contributed by atoms with E-state index in [1.54, 1.807) is 36.4 Å². The van der Waals surface area contributed by atoms with Crippen LogP contribution in [0.4, 0.5) is 4.79 Å². The minimum absolute atomic E-state index is 0.327. The van der Waals surface area contributed by atoms with Crippen LogP contribution in [0.2, 0.25) is 10.0 Å². The third-order valence-electron chi connectivity index (χ3n) is 4.52. The quantitative estimate of drug-likeness (QED) is 0.642. The zero-order chi connectivity index (χ0) is 21.0. The Hall–Kier alpha value is -2.70. The molecule has 0 fully saturated rings. The Morgan fingerprint density at radius 3 is 2.45 bits per heavy atom. The lowest BCUT2D eigenvalue weighted by Crippen LogP contribution is -2.45. The van der Waals surface area contributed by atoms with Gasteiger partial charge in [0.1, 0.15) is 12.4 Å². The molecule has 0 saturated heterocycles. The van der Waals surface area contributed by atoms with Crippen molar-refractivity contribution in [3.63, 3.8) is 0 Å². The molecule has 0 aromatic heterocycles. The summed E-state index contributed by atoms with van der Waals surface area (Å²) in [4.78, 5) is 24.3. The number of methoxy groups -OCH3 is 1. The third kappa shape index (κ3) is 4.83. The molecule has 29 heavy (non-hydrogen) atoms. The summed E-state index contributed by atoms with van der Waals surface area (Å²) in [6.45, 7) is 2.19. The van der Waals surface area contributed by atoms with E-state index in [2.05, 4.69) is 10.6 Å². The SMILES string of the molecule is CCC1=C(C(=O)OC)C(c2ccc(OCc3ccc(Cl)c(Cl)c3)cc2)NC(=O)N1. The van der Waals surface area contributed by atoms with Gasteiger partial charge in [-0.05, 0) is 41.8 Å². The predicted octanol–water partition coefficient (Wildman–Crippen LogP) is 4.76. The van der Waals surface area contributed by atoms with Gasteiger partial charge in [-0.1, -0.05) is 48.3 Å². The maximum absolute atomic E-state index is 12.3. The molecule has 2 amide bonds. The number of amides is 2. The van der Waals surface area contributed by atoms with Gasteiger partial charge in [0, 0.05) is 5.70 Å². The topological polar surface area (TPSA) is 76.7 Å². The fourth-order valence-electron chi connectivity index (χ4n) is 3.05. The van der Waals surface area contributed by atoms with Crippen molar-refractivity contribution in [2.75, 3.05) is 7.11 Å². The van der Waals surface area contributed by atoms with Crippen LogP contribution < -0.4 is 15.4 Å². The second-order valence-electron chi connectivity index (χ2n) is 6.38. The molecule has 0 aliphatic carbocycles. The highest BCUT2D eigenvalue weighted by Gasteiger charge is 2.32. The van der Waals surface area contributed by atoms with Gasteiger partial charge in [-0.15, -0.1) is 0 Å². The van der Waals surface area contributed by atoms with Gasteiger partial charge in [0.2, 0.25) is 0 Å². The van der Waals surface area contributed by atoms with Crippen molar-refractivity contribution >= 4 is 35.2 Å². The van der Waals surface area contributed by atoms with Crippen molar-refractivity contribution in [3.8, 4) is 5.75 Å². The van der Waals surface area contributed by atoms with Crippen LogP contribution >= 0.6 is 23.2 Å². The molecule has 6 nitrogen and oxygen atoms in total. The molecule has 0 radical (unpaired) electrons. The van der Waals surface area contributed by atoms with Gasteiger partial charge in [0.15, 0.2) is 0 Å². The Morgan fingerprint density at radius 1 is 1.10 bits per heavy atom. The average molecular weight is 435 g/mol. The van der Waals surface area contributed by atoms with Gasteiger partial charge < -0.3 is 20.1 Å². The first-order valence-electron chi connectivity index (χ1n) is 8.98. The highest BCUT2D eigenvalue weighted by molar-refractivity contribution is 6.42. The van der Waals surface area contributed by atoms with Crippen LogP contribution in [0.1, 0.15) is 30.5 Å². The molecule has 2 aromatic rings. The summed E-state index contributed by atoms with van der Waals surface area (Å²) in [7, 11) is 1.32. The summed E-state index contributed by atoms with van der Waals surface area (Å²) in [6.07, 6.45) is 0.499. The van der Waals surface area contributed by atoms with Crippen LogP contribution in [-0.2, 0) is 16.1 Å². The van der Waals surface area contributed by atoms with Gasteiger partial charge in [-0.2, -0.15) is 0 Å². The number of hydrogen-bond donors (Lipinski definition) is 2. The van der Waals surface area contributed by atoms with Crippen molar-refractivity contribution in [1.29, 1.82) is 0 Å². The van der Waals surface area contributed by atoms with Crippen molar-refractivity contribution < 1.29 is 19.1 Å². The number of carbonyl (C=O) groups is 2. The predicted molar refractivity (Wildman–Crippen MR) is 111 cm³/mol. The van der Waals surface area contributed by atoms with Crippen molar-refractivity contribution in [2.45, 2.75) is 26.0 Å². The fraction of sp³-hybridized carbons (Fsp3) is 0.238. The Kier molecular flexibility index (Phi) is 6.67. The number of carbonyl (C=O) groups excluding carboxylic acids is 2.